The maximum absolute atomic E-state index is 11.4. The van der Waals surface area contributed by atoms with E-state index in [1.54, 1.807) is 0 Å². The first-order valence-corrected chi connectivity index (χ1v) is 4.59. The Balaban J connectivity index is 2.20. The van der Waals surface area contributed by atoms with Gasteiger partial charge in [0.15, 0.2) is 0 Å². The molecule has 2 heteroatoms. The summed E-state index contributed by atoms with van der Waals surface area (Å²) in [6, 6.07) is 9.83. The molecule has 1 fully saturated rings. The molecule has 1 aliphatic heterocycles. The van der Waals surface area contributed by atoms with E-state index in [9.17, 15) is 4.79 Å². The molecule has 0 spiro atoms. The van der Waals surface area contributed by atoms with E-state index in [4.69, 9.17) is 4.74 Å². The van der Waals surface area contributed by atoms with E-state index < -0.39 is 0 Å². The number of cyclic esters (lactones) is 1. The molecule has 0 N–H and O–H groups in total. The summed E-state index contributed by atoms with van der Waals surface area (Å²) >= 11 is 0. The first-order valence-electron chi connectivity index (χ1n) is 4.59. The average Bonchev–Trinajstić information content (AvgIpc) is 2.20. The van der Waals surface area contributed by atoms with E-state index in [1.807, 2.05) is 30.3 Å². The number of ether oxygens (including phenoxy) is 1. The van der Waals surface area contributed by atoms with Gasteiger partial charge in [-0.25, -0.2) is 0 Å². The van der Waals surface area contributed by atoms with E-state index in [0.717, 1.165) is 18.4 Å². The summed E-state index contributed by atoms with van der Waals surface area (Å²) in [6.45, 7) is 0.585. The number of carbonyl (C=O) groups is 1. The Morgan fingerprint density at radius 3 is 2.69 bits per heavy atom. The highest BCUT2D eigenvalue weighted by molar-refractivity contribution is 5.78. The molecule has 0 unspecified atom stereocenters. The normalized spacial score (nSPS) is 22.5. The van der Waals surface area contributed by atoms with Gasteiger partial charge in [-0.2, -0.15) is 0 Å². The number of carbonyl (C=O) groups excluding carboxylic acids is 1. The summed E-state index contributed by atoms with van der Waals surface area (Å²) in [7, 11) is 0. The Kier molecular flexibility index (Phi) is 2.30. The maximum atomic E-state index is 11.4. The Bertz CT molecular complexity index is 292. The second-order valence-electron chi connectivity index (χ2n) is 3.27. The van der Waals surface area contributed by atoms with E-state index >= 15 is 0 Å². The highest BCUT2D eigenvalue weighted by Gasteiger charge is 2.24. The zero-order chi connectivity index (χ0) is 9.10. The lowest BCUT2D eigenvalue weighted by Gasteiger charge is -2.20. The van der Waals surface area contributed by atoms with Gasteiger partial charge in [0, 0.05) is 0 Å². The first-order chi connectivity index (χ1) is 6.38. The third-order valence-electron chi connectivity index (χ3n) is 2.37. The van der Waals surface area contributed by atoms with E-state index in [0.29, 0.717) is 6.61 Å². The quantitative estimate of drug-likeness (QED) is 0.612. The molecule has 0 aliphatic carbocycles. The van der Waals surface area contributed by atoms with Crippen LogP contribution in [0, 0.1) is 0 Å². The molecular formula is C11H12O2. The predicted octanol–water partition coefficient (Wildman–Crippen LogP) is 2.11. The molecule has 0 aromatic heterocycles. The van der Waals surface area contributed by atoms with Gasteiger partial charge in [-0.1, -0.05) is 30.3 Å². The largest absolute Gasteiger partial charge is 0.465 e. The minimum atomic E-state index is -0.0718. The Morgan fingerprint density at radius 1 is 1.23 bits per heavy atom. The summed E-state index contributed by atoms with van der Waals surface area (Å²) in [6.07, 6.45) is 1.90. The second kappa shape index (κ2) is 3.60. The highest BCUT2D eigenvalue weighted by Crippen LogP contribution is 2.25. The van der Waals surface area contributed by atoms with Crippen LogP contribution in [0.2, 0.25) is 0 Å². The van der Waals surface area contributed by atoms with Gasteiger partial charge in [0.05, 0.1) is 12.5 Å². The van der Waals surface area contributed by atoms with Crippen LogP contribution >= 0.6 is 0 Å². The molecule has 1 aliphatic rings. The third kappa shape index (κ3) is 1.72. The summed E-state index contributed by atoms with van der Waals surface area (Å²) in [4.78, 5) is 11.4. The van der Waals surface area contributed by atoms with E-state index in [-0.39, 0.29) is 11.9 Å². The van der Waals surface area contributed by atoms with Crippen molar-refractivity contribution in [1.82, 2.24) is 0 Å². The maximum Gasteiger partial charge on any atom is 0.313 e. The molecule has 13 heavy (non-hydrogen) atoms. The van der Waals surface area contributed by atoms with Crippen LogP contribution in [0.4, 0.5) is 0 Å². The van der Waals surface area contributed by atoms with Crippen LogP contribution in [0.15, 0.2) is 30.3 Å². The van der Waals surface area contributed by atoms with Crippen LogP contribution < -0.4 is 0 Å². The molecule has 0 saturated carbocycles. The summed E-state index contributed by atoms with van der Waals surface area (Å²) < 4.78 is 5.01. The van der Waals surface area contributed by atoms with Crippen LogP contribution in [0.3, 0.4) is 0 Å². The van der Waals surface area contributed by atoms with Crippen LogP contribution in [-0.4, -0.2) is 12.6 Å². The molecule has 2 rings (SSSR count). The number of rotatable bonds is 1. The number of benzene rings is 1. The molecule has 0 amide bonds. The molecule has 2 nitrogen and oxygen atoms in total. The average molecular weight is 176 g/mol. The van der Waals surface area contributed by atoms with Crippen LogP contribution in [0.5, 0.6) is 0 Å². The SMILES string of the molecule is O=C1OCCC[C@H]1c1ccccc1. The summed E-state index contributed by atoms with van der Waals surface area (Å²) in [5.41, 5.74) is 1.08. The number of hydrogen-bond donors (Lipinski definition) is 0. The monoisotopic (exact) mass is 176 g/mol. The predicted molar refractivity (Wildman–Crippen MR) is 49.4 cm³/mol. The zero-order valence-electron chi connectivity index (χ0n) is 7.40. The van der Waals surface area contributed by atoms with Crippen molar-refractivity contribution >= 4 is 5.97 Å². The molecule has 1 saturated heterocycles. The van der Waals surface area contributed by atoms with Crippen molar-refractivity contribution in [3.63, 3.8) is 0 Å². The molecular weight excluding hydrogens is 164 g/mol. The molecule has 0 bridgehead atoms. The van der Waals surface area contributed by atoms with Crippen molar-refractivity contribution in [1.29, 1.82) is 0 Å². The minimum Gasteiger partial charge on any atom is -0.465 e. The van der Waals surface area contributed by atoms with Gasteiger partial charge in [0.25, 0.3) is 0 Å². The second-order valence-corrected chi connectivity index (χ2v) is 3.27. The van der Waals surface area contributed by atoms with E-state index in [1.165, 1.54) is 0 Å². The first kappa shape index (κ1) is 8.30. The lowest BCUT2D eigenvalue weighted by Crippen LogP contribution is -2.22. The number of esters is 1. The van der Waals surface area contributed by atoms with Gasteiger partial charge in [-0.15, -0.1) is 0 Å². The fourth-order valence-corrected chi connectivity index (χ4v) is 1.67. The molecule has 1 atom stereocenters. The molecule has 68 valence electrons. The fourth-order valence-electron chi connectivity index (χ4n) is 1.67. The third-order valence-corrected chi connectivity index (χ3v) is 2.37. The van der Waals surface area contributed by atoms with E-state index in [2.05, 4.69) is 0 Å². The van der Waals surface area contributed by atoms with Crippen molar-refractivity contribution in [2.75, 3.05) is 6.61 Å². The van der Waals surface area contributed by atoms with Crippen LogP contribution in [0.1, 0.15) is 24.3 Å². The molecule has 1 aromatic rings. The number of hydrogen-bond acceptors (Lipinski definition) is 2. The van der Waals surface area contributed by atoms with Crippen molar-refractivity contribution in [3.05, 3.63) is 35.9 Å². The fraction of sp³-hybridized carbons (Fsp3) is 0.364. The zero-order valence-corrected chi connectivity index (χ0v) is 7.40. The van der Waals surface area contributed by atoms with Gasteiger partial charge in [-0.3, -0.25) is 4.79 Å². The van der Waals surface area contributed by atoms with Crippen LogP contribution in [0.25, 0.3) is 0 Å². The Morgan fingerprint density at radius 2 is 2.00 bits per heavy atom. The summed E-state index contributed by atoms with van der Waals surface area (Å²) in [5, 5.41) is 0. The van der Waals surface area contributed by atoms with Crippen molar-refractivity contribution in [2.24, 2.45) is 0 Å². The standard InChI is InChI=1S/C11H12O2/c12-11-10(7-4-8-13-11)9-5-2-1-3-6-9/h1-3,5-6,10H,4,7-8H2/t10-/m0/s1. The lowest BCUT2D eigenvalue weighted by molar-refractivity contribution is -0.149. The van der Waals surface area contributed by atoms with Gasteiger partial charge < -0.3 is 4.74 Å². The van der Waals surface area contributed by atoms with Gasteiger partial charge in [-0.05, 0) is 18.4 Å². The summed E-state index contributed by atoms with van der Waals surface area (Å²) in [5.74, 6) is -0.104. The van der Waals surface area contributed by atoms with Crippen LogP contribution in [-0.2, 0) is 9.53 Å². The molecule has 1 heterocycles. The Labute approximate surface area is 77.5 Å². The Hall–Kier alpha value is -1.31. The smallest absolute Gasteiger partial charge is 0.313 e. The van der Waals surface area contributed by atoms with Gasteiger partial charge >= 0.3 is 5.97 Å². The van der Waals surface area contributed by atoms with Crippen molar-refractivity contribution in [2.45, 2.75) is 18.8 Å². The topological polar surface area (TPSA) is 26.3 Å². The van der Waals surface area contributed by atoms with Gasteiger partial charge in [0.2, 0.25) is 0 Å². The highest BCUT2D eigenvalue weighted by atomic mass is 16.5. The van der Waals surface area contributed by atoms with Crippen molar-refractivity contribution in [3.8, 4) is 0 Å². The minimum absolute atomic E-state index is 0.0325. The van der Waals surface area contributed by atoms with Crippen molar-refractivity contribution < 1.29 is 9.53 Å². The lowest BCUT2D eigenvalue weighted by atomic mass is 9.93. The molecule has 1 aromatic carbocycles. The van der Waals surface area contributed by atoms with Gasteiger partial charge in [0.1, 0.15) is 0 Å². The molecule has 0 radical (unpaired) electrons.